The van der Waals surface area contributed by atoms with Crippen LogP contribution in [0, 0.1) is 0 Å². The maximum Gasteiger partial charge on any atom is 0.253 e. The fraction of sp³-hybridized carbons (Fsp3) is 0.200. The Kier molecular flexibility index (Phi) is 7.41. The van der Waals surface area contributed by atoms with Crippen molar-refractivity contribution in [2.24, 2.45) is 0 Å². The number of nitrogens with zero attached hydrogens (tertiary/aromatic N) is 2. The van der Waals surface area contributed by atoms with Crippen LogP contribution in [0.5, 0.6) is 11.6 Å². The average molecular weight is 605 g/mol. The van der Waals surface area contributed by atoms with Gasteiger partial charge in [-0.1, -0.05) is 24.3 Å². The van der Waals surface area contributed by atoms with Crippen molar-refractivity contribution in [2.45, 2.75) is 25.4 Å². The number of fused-ring (bicyclic) bond motifs is 4. The van der Waals surface area contributed by atoms with Crippen molar-refractivity contribution >= 4 is 28.1 Å². The van der Waals surface area contributed by atoms with Crippen LogP contribution in [-0.4, -0.2) is 52.4 Å². The minimum atomic E-state index is -0.445. The molecule has 7 rings (SSSR count). The third-order valence-corrected chi connectivity index (χ3v) is 9.23. The molecule has 3 N–H and O–H groups in total. The highest BCUT2D eigenvalue weighted by atomic mass is 32.1. The zero-order valence-electron chi connectivity index (χ0n) is 24.5. The van der Waals surface area contributed by atoms with Crippen LogP contribution in [0.4, 0.5) is 0 Å². The van der Waals surface area contributed by atoms with Gasteiger partial charge < -0.3 is 29.4 Å². The number of thiophene rings is 1. The van der Waals surface area contributed by atoms with Gasteiger partial charge in [-0.25, -0.2) is 4.98 Å². The zero-order chi connectivity index (χ0) is 30.2. The third-order valence-electron chi connectivity index (χ3n) is 8.35. The Balaban J connectivity index is 1.28. The van der Waals surface area contributed by atoms with Crippen molar-refractivity contribution in [3.8, 4) is 44.6 Å². The summed E-state index contributed by atoms with van der Waals surface area (Å²) in [5, 5.41) is 16.6. The Bertz CT molecular complexity index is 1970. The molecule has 222 valence electrons. The standard InChI is InChI=1S/C35H32N4O4S/c1-42-31-15-22-10-12-39-30(26(22)17-27(31)21-9-11-36-33(16-21)43-2)18-28(34(39)32-8-5-13-44-32)35(41)38-24(20-40)14-23-19-37-29-7-4-3-6-25(23)29/h3-9,11,13,15-19,24,37,40H,10,12,14,20H2,1-2H3,(H,38,41)/t24-/m1/s1. The van der Waals surface area contributed by atoms with Crippen molar-refractivity contribution in [1.82, 2.24) is 19.9 Å². The number of aromatic amines is 1. The fourth-order valence-corrected chi connectivity index (χ4v) is 7.02. The van der Waals surface area contributed by atoms with E-state index in [9.17, 15) is 9.90 Å². The number of rotatable bonds is 9. The Hall–Kier alpha value is -4.86. The number of methoxy groups -OCH3 is 2. The number of H-pyrrole nitrogens is 1. The minimum Gasteiger partial charge on any atom is -0.496 e. The van der Waals surface area contributed by atoms with Crippen molar-refractivity contribution in [1.29, 1.82) is 0 Å². The second-order valence-electron chi connectivity index (χ2n) is 10.9. The summed E-state index contributed by atoms with van der Waals surface area (Å²) < 4.78 is 13.5. The number of hydrogen-bond acceptors (Lipinski definition) is 6. The van der Waals surface area contributed by atoms with Crippen molar-refractivity contribution in [3.63, 3.8) is 0 Å². The molecule has 0 radical (unpaired) electrons. The van der Waals surface area contributed by atoms with E-state index in [0.717, 1.165) is 73.7 Å². The molecule has 0 saturated carbocycles. The molecule has 9 heteroatoms. The third kappa shape index (κ3) is 4.94. The molecule has 1 amide bonds. The van der Waals surface area contributed by atoms with Crippen LogP contribution < -0.4 is 14.8 Å². The highest BCUT2D eigenvalue weighted by Crippen LogP contribution is 2.43. The zero-order valence-corrected chi connectivity index (χ0v) is 25.3. The van der Waals surface area contributed by atoms with E-state index in [4.69, 9.17) is 9.47 Å². The number of hydrogen-bond donors (Lipinski definition) is 3. The van der Waals surface area contributed by atoms with Gasteiger partial charge in [0.2, 0.25) is 5.88 Å². The monoisotopic (exact) mass is 604 g/mol. The van der Waals surface area contributed by atoms with Gasteiger partial charge in [0.1, 0.15) is 5.75 Å². The second-order valence-corrected chi connectivity index (χ2v) is 11.8. The van der Waals surface area contributed by atoms with Gasteiger partial charge in [0.25, 0.3) is 5.91 Å². The van der Waals surface area contributed by atoms with Gasteiger partial charge >= 0.3 is 0 Å². The molecule has 0 aliphatic carbocycles. The van der Waals surface area contributed by atoms with E-state index in [1.807, 2.05) is 54.0 Å². The van der Waals surface area contributed by atoms with Crippen LogP contribution in [0.25, 0.3) is 43.9 Å². The summed E-state index contributed by atoms with van der Waals surface area (Å²) in [6.45, 7) is 0.557. The predicted molar refractivity (Wildman–Crippen MR) is 174 cm³/mol. The molecule has 1 atom stereocenters. The molecule has 44 heavy (non-hydrogen) atoms. The van der Waals surface area contributed by atoms with Crippen LogP contribution >= 0.6 is 11.3 Å². The van der Waals surface area contributed by atoms with E-state index >= 15 is 0 Å². The highest BCUT2D eigenvalue weighted by Gasteiger charge is 2.29. The number of carbonyl (C=O) groups excluding carboxylic acids is 1. The quantitative estimate of drug-likeness (QED) is 0.179. The predicted octanol–water partition coefficient (Wildman–Crippen LogP) is 6.33. The first-order chi connectivity index (χ1) is 21.6. The van der Waals surface area contributed by atoms with Gasteiger partial charge in [-0.05, 0) is 71.3 Å². The Morgan fingerprint density at radius 3 is 2.77 bits per heavy atom. The Morgan fingerprint density at radius 1 is 1.09 bits per heavy atom. The lowest BCUT2D eigenvalue weighted by Gasteiger charge is -2.23. The summed E-state index contributed by atoms with van der Waals surface area (Å²) in [5.41, 5.74) is 8.61. The Labute approximate surface area is 258 Å². The van der Waals surface area contributed by atoms with E-state index < -0.39 is 6.04 Å². The van der Waals surface area contributed by atoms with Gasteiger partial charge in [-0.2, -0.15) is 0 Å². The number of aryl methyl sites for hydroxylation is 1. The smallest absolute Gasteiger partial charge is 0.253 e. The van der Waals surface area contributed by atoms with Gasteiger partial charge in [-0.15, -0.1) is 11.3 Å². The van der Waals surface area contributed by atoms with Crippen LogP contribution in [0.15, 0.2) is 84.5 Å². The molecule has 0 unspecified atom stereocenters. The first-order valence-corrected chi connectivity index (χ1v) is 15.4. The molecular formula is C35H32N4O4S. The highest BCUT2D eigenvalue weighted by molar-refractivity contribution is 7.13. The number of ether oxygens (including phenoxy) is 2. The van der Waals surface area contributed by atoms with Crippen molar-refractivity contribution in [3.05, 3.63) is 101 Å². The SMILES string of the molecule is COc1cc(-c2cc3c(cc2OC)CCn2c-3cc(C(=O)N[C@@H](CO)Cc3c[nH]c4ccccc34)c2-c2cccs2)ccn1. The number of para-hydroxylation sites is 1. The fourth-order valence-electron chi connectivity index (χ4n) is 6.23. The normalized spacial score (nSPS) is 12.9. The van der Waals surface area contributed by atoms with Crippen LogP contribution in [-0.2, 0) is 19.4 Å². The molecular weight excluding hydrogens is 572 g/mol. The molecule has 0 saturated heterocycles. The second kappa shape index (κ2) is 11.7. The van der Waals surface area contributed by atoms with Gasteiger partial charge in [0.05, 0.1) is 43.0 Å². The molecule has 0 bridgehead atoms. The lowest BCUT2D eigenvalue weighted by Crippen LogP contribution is -2.39. The number of benzene rings is 2. The molecule has 1 aliphatic heterocycles. The largest absolute Gasteiger partial charge is 0.496 e. The molecule has 2 aromatic carbocycles. The van der Waals surface area contributed by atoms with E-state index in [1.54, 1.807) is 31.8 Å². The number of nitrogens with one attached hydrogen (secondary N) is 2. The van der Waals surface area contributed by atoms with Crippen LogP contribution in [0.3, 0.4) is 0 Å². The first-order valence-electron chi connectivity index (χ1n) is 14.5. The van der Waals surface area contributed by atoms with Gasteiger partial charge in [0.15, 0.2) is 0 Å². The van der Waals surface area contributed by atoms with E-state index in [0.29, 0.717) is 17.9 Å². The van der Waals surface area contributed by atoms with E-state index in [2.05, 4.69) is 44.1 Å². The lowest BCUT2D eigenvalue weighted by molar-refractivity contribution is 0.0917. The number of pyridine rings is 1. The molecule has 6 aromatic rings. The summed E-state index contributed by atoms with van der Waals surface area (Å²) in [6, 6.07) is 21.7. The summed E-state index contributed by atoms with van der Waals surface area (Å²) in [4.78, 5) is 22.6. The average Bonchev–Trinajstić information content (AvgIpc) is 3.83. The number of aromatic nitrogens is 3. The maximum atomic E-state index is 14.0. The van der Waals surface area contributed by atoms with Crippen molar-refractivity contribution in [2.75, 3.05) is 20.8 Å². The molecule has 0 fully saturated rings. The summed E-state index contributed by atoms with van der Waals surface area (Å²) in [7, 11) is 3.28. The minimum absolute atomic E-state index is 0.172. The molecule has 8 nitrogen and oxygen atoms in total. The summed E-state index contributed by atoms with van der Waals surface area (Å²) >= 11 is 1.61. The van der Waals surface area contributed by atoms with E-state index in [-0.39, 0.29) is 12.5 Å². The van der Waals surface area contributed by atoms with Crippen molar-refractivity contribution < 1.29 is 19.4 Å². The number of amides is 1. The lowest BCUT2D eigenvalue weighted by atomic mass is 9.93. The first kappa shape index (κ1) is 27.9. The van der Waals surface area contributed by atoms with Crippen LogP contribution in [0.1, 0.15) is 21.5 Å². The molecule has 0 spiro atoms. The van der Waals surface area contributed by atoms with Gasteiger partial charge in [-0.3, -0.25) is 4.79 Å². The molecule has 4 aromatic heterocycles. The summed E-state index contributed by atoms with van der Waals surface area (Å²) in [6.07, 6.45) is 4.98. The van der Waals surface area contributed by atoms with Crippen LogP contribution in [0.2, 0.25) is 0 Å². The topological polar surface area (TPSA) is 101 Å². The Morgan fingerprint density at radius 2 is 1.98 bits per heavy atom. The van der Waals surface area contributed by atoms with Gasteiger partial charge in [0, 0.05) is 52.7 Å². The number of carbonyl (C=O) groups is 1. The number of aliphatic hydroxyl groups is 1. The number of aliphatic hydroxyl groups excluding tert-OH is 1. The maximum absolute atomic E-state index is 14.0. The van der Waals surface area contributed by atoms with E-state index in [1.165, 1.54) is 0 Å². The molecule has 1 aliphatic rings. The summed E-state index contributed by atoms with van der Waals surface area (Å²) in [5.74, 6) is 1.09. The molecule has 5 heterocycles.